The molecule has 0 saturated heterocycles. The highest BCUT2D eigenvalue weighted by Gasteiger charge is 2.17. The van der Waals surface area contributed by atoms with Gasteiger partial charge in [-0.2, -0.15) is 0 Å². The van der Waals surface area contributed by atoms with Crippen LogP contribution in [0.15, 0.2) is 29.2 Å². The molecule has 0 saturated carbocycles. The van der Waals surface area contributed by atoms with E-state index in [9.17, 15) is 13.2 Å². The van der Waals surface area contributed by atoms with Crippen molar-refractivity contribution in [3.8, 4) is 0 Å². The maximum Gasteiger partial charge on any atom is 0.240 e. The molecule has 0 aliphatic rings. The van der Waals surface area contributed by atoms with E-state index in [4.69, 9.17) is 0 Å². The third kappa shape index (κ3) is 3.65. The van der Waals surface area contributed by atoms with Crippen LogP contribution in [-0.4, -0.2) is 20.2 Å². The lowest BCUT2D eigenvalue weighted by Gasteiger charge is -2.15. The van der Waals surface area contributed by atoms with E-state index in [0.29, 0.717) is 5.56 Å². The number of benzene rings is 1. The summed E-state index contributed by atoms with van der Waals surface area (Å²) < 4.78 is 26.7. The highest BCUT2D eigenvalue weighted by Crippen LogP contribution is 2.12. The van der Waals surface area contributed by atoms with E-state index < -0.39 is 10.0 Å². The molecule has 18 heavy (non-hydrogen) atoms. The van der Waals surface area contributed by atoms with E-state index in [1.54, 1.807) is 0 Å². The van der Waals surface area contributed by atoms with Crippen LogP contribution in [0.4, 0.5) is 0 Å². The van der Waals surface area contributed by atoms with Crippen molar-refractivity contribution < 1.29 is 13.2 Å². The molecule has 0 heterocycles. The number of Topliss-reactive ketones (excluding diaryl/α,β-unsaturated/α-hetero) is 1. The first kappa shape index (κ1) is 14.9. The summed E-state index contributed by atoms with van der Waals surface area (Å²) in [5.74, 6) is -0.0769. The van der Waals surface area contributed by atoms with Gasteiger partial charge in [0.15, 0.2) is 5.78 Å². The number of rotatable bonds is 6. The quantitative estimate of drug-likeness (QED) is 0.806. The fourth-order valence-electron chi connectivity index (χ4n) is 1.61. The minimum absolute atomic E-state index is 0.0533. The van der Waals surface area contributed by atoms with Gasteiger partial charge < -0.3 is 0 Å². The van der Waals surface area contributed by atoms with Gasteiger partial charge >= 0.3 is 0 Å². The van der Waals surface area contributed by atoms with Crippen LogP contribution in [0.3, 0.4) is 0 Å². The molecule has 0 amide bonds. The zero-order valence-electron chi connectivity index (χ0n) is 10.9. The molecule has 0 atom stereocenters. The Morgan fingerprint density at radius 2 is 1.67 bits per heavy atom. The molecule has 0 fully saturated rings. The Bertz CT molecular complexity index is 502. The molecule has 1 aromatic rings. The van der Waals surface area contributed by atoms with Crippen molar-refractivity contribution in [2.75, 3.05) is 0 Å². The second kappa shape index (κ2) is 6.11. The fraction of sp³-hybridized carbons (Fsp3) is 0.462. The summed E-state index contributed by atoms with van der Waals surface area (Å²) in [6, 6.07) is 5.93. The van der Waals surface area contributed by atoms with E-state index in [0.717, 1.165) is 12.8 Å². The zero-order valence-corrected chi connectivity index (χ0v) is 11.8. The third-order valence-corrected chi connectivity index (χ3v) is 4.41. The molecular weight excluding hydrogens is 250 g/mol. The summed E-state index contributed by atoms with van der Waals surface area (Å²) in [5, 5.41) is 0. The first-order valence-corrected chi connectivity index (χ1v) is 7.52. The highest BCUT2D eigenvalue weighted by molar-refractivity contribution is 7.89. The summed E-state index contributed by atoms with van der Waals surface area (Å²) in [4.78, 5) is 11.3. The van der Waals surface area contributed by atoms with E-state index in [1.807, 2.05) is 13.8 Å². The van der Waals surface area contributed by atoms with Gasteiger partial charge in [0.1, 0.15) is 0 Å². The van der Waals surface area contributed by atoms with Crippen LogP contribution in [0.5, 0.6) is 0 Å². The lowest BCUT2D eigenvalue weighted by atomic mass is 10.2. The predicted octanol–water partition coefficient (Wildman–Crippen LogP) is 2.36. The molecular formula is C13H19NO3S. The Kier molecular flexibility index (Phi) is 5.04. The summed E-state index contributed by atoms with van der Waals surface area (Å²) in [7, 11) is -3.49. The number of hydrogen-bond donors (Lipinski definition) is 1. The molecule has 4 nitrogen and oxygen atoms in total. The van der Waals surface area contributed by atoms with Crippen molar-refractivity contribution in [1.29, 1.82) is 0 Å². The molecule has 1 N–H and O–H groups in total. The number of nitrogens with one attached hydrogen (secondary N) is 1. The highest BCUT2D eigenvalue weighted by atomic mass is 32.2. The Morgan fingerprint density at radius 1 is 1.17 bits per heavy atom. The topological polar surface area (TPSA) is 63.2 Å². The van der Waals surface area contributed by atoms with Gasteiger partial charge in [-0.3, -0.25) is 4.79 Å². The predicted molar refractivity (Wildman–Crippen MR) is 71.1 cm³/mol. The van der Waals surface area contributed by atoms with Gasteiger partial charge in [0.2, 0.25) is 10.0 Å². The van der Waals surface area contributed by atoms with Crippen LogP contribution in [0.25, 0.3) is 0 Å². The molecule has 0 aromatic heterocycles. The fourth-order valence-corrected chi connectivity index (χ4v) is 3.01. The minimum atomic E-state index is -3.49. The van der Waals surface area contributed by atoms with E-state index >= 15 is 0 Å². The van der Waals surface area contributed by atoms with Crippen LogP contribution in [0.2, 0.25) is 0 Å². The van der Waals surface area contributed by atoms with Crippen LogP contribution >= 0.6 is 0 Å². The van der Waals surface area contributed by atoms with Crippen molar-refractivity contribution in [3.63, 3.8) is 0 Å². The molecule has 0 radical (unpaired) electrons. The smallest absolute Gasteiger partial charge is 0.240 e. The van der Waals surface area contributed by atoms with E-state index in [1.165, 1.54) is 31.2 Å². The first-order chi connectivity index (χ1) is 8.40. The van der Waals surface area contributed by atoms with Crippen LogP contribution in [-0.2, 0) is 10.0 Å². The SMILES string of the molecule is CCC(CC)NS(=O)(=O)c1ccc(C(C)=O)cc1. The molecule has 0 spiro atoms. The molecule has 100 valence electrons. The molecule has 0 unspecified atom stereocenters. The minimum Gasteiger partial charge on any atom is -0.295 e. The van der Waals surface area contributed by atoms with Gasteiger partial charge in [0.05, 0.1) is 4.90 Å². The Balaban J connectivity index is 2.95. The van der Waals surface area contributed by atoms with Gasteiger partial charge in [-0.05, 0) is 31.9 Å². The van der Waals surface area contributed by atoms with E-state index in [-0.39, 0.29) is 16.7 Å². The van der Waals surface area contributed by atoms with Crippen molar-refractivity contribution in [3.05, 3.63) is 29.8 Å². The summed E-state index contributed by atoms with van der Waals surface area (Å²) in [5.41, 5.74) is 0.511. The number of hydrogen-bond acceptors (Lipinski definition) is 3. The Morgan fingerprint density at radius 3 is 2.06 bits per heavy atom. The third-order valence-electron chi connectivity index (χ3n) is 2.88. The first-order valence-electron chi connectivity index (χ1n) is 6.04. The van der Waals surface area contributed by atoms with Gasteiger partial charge in [0.25, 0.3) is 0 Å². The standard InChI is InChI=1S/C13H19NO3S/c1-4-12(5-2)14-18(16,17)13-8-6-11(7-9-13)10(3)15/h6-9,12,14H,4-5H2,1-3H3. The lowest BCUT2D eigenvalue weighted by Crippen LogP contribution is -2.33. The molecule has 5 heteroatoms. The molecule has 0 bridgehead atoms. The van der Waals surface area contributed by atoms with Crippen molar-refractivity contribution in [2.45, 2.75) is 44.6 Å². The molecule has 1 rings (SSSR count). The van der Waals surface area contributed by atoms with Gasteiger partial charge in [0, 0.05) is 11.6 Å². The summed E-state index contributed by atoms with van der Waals surface area (Å²) >= 11 is 0. The van der Waals surface area contributed by atoms with E-state index in [2.05, 4.69) is 4.72 Å². The normalized spacial score (nSPS) is 11.8. The van der Waals surface area contributed by atoms with Crippen LogP contribution in [0.1, 0.15) is 44.0 Å². The van der Waals surface area contributed by atoms with Crippen LogP contribution < -0.4 is 4.72 Å². The molecule has 1 aromatic carbocycles. The van der Waals surface area contributed by atoms with Gasteiger partial charge in [-0.1, -0.05) is 26.0 Å². The molecule has 0 aliphatic heterocycles. The average Bonchev–Trinajstić information content (AvgIpc) is 2.36. The Labute approximate surface area is 108 Å². The largest absolute Gasteiger partial charge is 0.295 e. The lowest BCUT2D eigenvalue weighted by molar-refractivity contribution is 0.101. The maximum atomic E-state index is 12.0. The number of carbonyl (C=O) groups is 1. The van der Waals surface area contributed by atoms with Gasteiger partial charge in [-0.25, -0.2) is 13.1 Å². The monoisotopic (exact) mass is 269 g/mol. The Hall–Kier alpha value is -1.20. The molecule has 0 aliphatic carbocycles. The zero-order chi connectivity index (χ0) is 13.8. The van der Waals surface area contributed by atoms with Gasteiger partial charge in [-0.15, -0.1) is 0 Å². The second-order valence-corrected chi connectivity index (χ2v) is 5.93. The summed E-state index contributed by atoms with van der Waals surface area (Å²) in [6.45, 7) is 5.33. The number of carbonyl (C=O) groups excluding carboxylic acids is 1. The van der Waals surface area contributed by atoms with Crippen molar-refractivity contribution in [1.82, 2.24) is 4.72 Å². The van der Waals surface area contributed by atoms with Crippen LogP contribution in [0, 0.1) is 0 Å². The summed E-state index contributed by atoms with van der Waals surface area (Å²) in [6.07, 6.45) is 1.50. The maximum absolute atomic E-state index is 12.0. The second-order valence-electron chi connectivity index (χ2n) is 4.22. The number of sulfonamides is 1. The van der Waals surface area contributed by atoms with Crippen molar-refractivity contribution in [2.24, 2.45) is 0 Å². The number of ketones is 1. The van der Waals surface area contributed by atoms with Crippen molar-refractivity contribution >= 4 is 15.8 Å². The average molecular weight is 269 g/mol.